The summed E-state index contributed by atoms with van der Waals surface area (Å²) < 4.78 is 17.0. The molecule has 2 aliphatic rings. The van der Waals surface area contributed by atoms with Gasteiger partial charge in [0.25, 0.3) is 0 Å². The molecule has 0 aromatic heterocycles. The highest BCUT2D eigenvalue weighted by atomic mass is 28.4. The molecule has 2 rings (SSSR count). The van der Waals surface area contributed by atoms with Gasteiger partial charge in [0.2, 0.25) is 9.04 Å². The first-order chi connectivity index (χ1) is 7.38. The summed E-state index contributed by atoms with van der Waals surface area (Å²) >= 11 is 0. The Hall–Kier alpha value is 0.0338. The van der Waals surface area contributed by atoms with Crippen LogP contribution in [0.4, 0.5) is 0 Å². The summed E-state index contributed by atoms with van der Waals surface area (Å²) in [6.07, 6.45) is 12.2. The van der Waals surface area contributed by atoms with Gasteiger partial charge in [-0.05, 0) is 12.5 Å². The van der Waals surface area contributed by atoms with E-state index >= 15 is 0 Å². The third kappa shape index (κ3) is 3.24. The fraction of sp³-hybridized carbons (Fsp3) is 1.00. The smallest absolute Gasteiger partial charge is 0.491 e. The van der Waals surface area contributed by atoms with Crippen molar-refractivity contribution < 1.29 is 8.58 Å². The molecule has 0 aromatic rings. The minimum atomic E-state index is -1.57. The molecule has 2 aliphatic heterocycles. The second kappa shape index (κ2) is 5.94. The number of hydrogen-bond donors (Lipinski definition) is 0. The highest BCUT2D eigenvalue weighted by molar-refractivity contribution is 6.80. The van der Waals surface area contributed by atoms with Crippen LogP contribution in [0.5, 0.6) is 0 Å². The molecule has 2 unspecified atom stereocenters. The Bertz CT molecular complexity index is 221. The van der Waals surface area contributed by atoms with Crippen molar-refractivity contribution in [1.82, 2.24) is 0 Å². The summed E-state index contributed by atoms with van der Waals surface area (Å²) in [5.74, 6) is 0. The molecule has 0 aliphatic carbocycles. The van der Waals surface area contributed by atoms with Crippen LogP contribution in [0.25, 0.3) is 0 Å². The van der Waals surface area contributed by atoms with E-state index in [1.807, 2.05) is 0 Å². The van der Waals surface area contributed by atoms with Crippen molar-refractivity contribution in [2.24, 2.45) is 0 Å². The summed E-state index contributed by atoms with van der Waals surface area (Å²) in [4.78, 5) is 0. The molecule has 0 saturated carbocycles. The van der Waals surface area contributed by atoms with Gasteiger partial charge in [-0.1, -0.05) is 51.4 Å². The molecule has 0 aromatic carbocycles. The van der Waals surface area contributed by atoms with E-state index in [9.17, 15) is 4.46 Å². The lowest BCUT2D eigenvalue weighted by atomic mass is 10.1. The van der Waals surface area contributed by atoms with Crippen LogP contribution in [0.2, 0.25) is 11.2 Å². The van der Waals surface area contributed by atoms with Crippen LogP contribution < -0.4 is 0 Å². The molecular weight excluding hydrogens is 220 g/mol. The van der Waals surface area contributed by atoms with Gasteiger partial charge in [0.1, 0.15) is 0 Å². The number of rotatable bonds is 0. The predicted octanol–water partition coefficient (Wildman–Crippen LogP) is 3.09. The third-order valence-electron chi connectivity index (χ3n) is 3.77. The van der Waals surface area contributed by atoms with Crippen LogP contribution >= 0.6 is 0 Å². The quantitative estimate of drug-likeness (QED) is 0.610. The van der Waals surface area contributed by atoms with Crippen LogP contribution in [-0.2, 0) is 8.58 Å². The van der Waals surface area contributed by atoms with E-state index in [4.69, 9.17) is 4.12 Å². The van der Waals surface area contributed by atoms with Crippen LogP contribution in [0.15, 0.2) is 0 Å². The van der Waals surface area contributed by atoms with Gasteiger partial charge in [0.05, 0.1) is 5.16 Å². The average molecular weight is 242 g/mol. The first-order valence-electron chi connectivity index (χ1n) is 6.58. The summed E-state index contributed by atoms with van der Waals surface area (Å²) in [6.45, 7) is 0. The summed E-state index contributed by atoms with van der Waals surface area (Å²) in [7, 11) is -2.56. The molecule has 0 amide bonds. The van der Waals surface area contributed by atoms with Crippen molar-refractivity contribution in [3.8, 4) is 0 Å². The van der Waals surface area contributed by atoms with Gasteiger partial charge in [-0.2, -0.15) is 0 Å². The molecule has 0 N–H and O–H groups in total. The summed E-state index contributed by atoms with van der Waals surface area (Å²) in [5.41, 5.74) is 0. The molecule has 2 fully saturated rings. The monoisotopic (exact) mass is 242 g/mol. The van der Waals surface area contributed by atoms with E-state index in [2.05, 4.69) is 0 Å². The molecular formula is C11H22O2Si2. The van der Waals surface area contributed by atoms with Gasteiger partial charge in [-0.3, -0.25) is 0 Å². The molecule has 86 valence electrons. The predicted molar refractivity (Wildman–Crippen MR) is 64.8 cm³/mol. The highest BCUT2D eigenvalue weighted by Gasteiger charge is 2.44. The zero-order valence-corrected chi connectivity index (χ0v) is 11.7. The lowest BCUT2D eigenvalue weighted by Gasteiger charge is -2.34. The molecule has 2 heterocycles. The Balaban J connectivity index is 1.78. The van der Waals surface area contributed by atoms with Crippen molar-refractivity contribution in [1.29, 1.82) is 0 Å². The third-order valence-corrected chi connectivity index (χ3v) is 10.9. The van der Waals surface area contributed by atoms with Crippen molar-refractivity contribution in [2.75, 3.05) is 0 Å². The van der Waals surface area contributed by atoms with Crippen LogP contribution in [0.3, 0.4) is 0 Å². The SMILES string of the molecule is O=[Si]1O[SiH]2CCCCCCCCCCC12. The fourth-order valence-corrected chi connectivity index (χ4v) is 9.03. The zero-order valence-electron chi connectivity index (χ0n) is 9.54. The molecule has 0 spiro atoms. The van der Waals surface area contributed by atoms with Crippen molar-refractivity contribution in [2.45, 2.75) is 69.0 Å². The molecule has 2 nitrogen and oxygen atoms in total. The maximum absolute atomic E-state index is 11.5. The van der Waals surface area contributed by atoms with E-state index in [-0.39, 0.29) is 0 Å². The van der Waals surface area contributed by atoms with Crippen LogP contribution in [0, 0.1) is 0 Å². The Morgan fingerprint density at radius 3 is 2.20 bits per heavy atom. The molecule has 2 saturated heterocycles. The second-order valence-corrected chi connectivity index (χ2v) is 10.4. The maximum Gasteiger partial charge on any atom is 0.491 e. The lowest BCUT2D eigenvalue weighted by molar-refractivity contribution is 0.390. The lowest BCUT2D eigenvalue weighted by Crippen LogP contribution is -2.46. The molecule has 2 atom stereocenters. The van der Waals surface area contributed by atoms with Crippen LogP contribution in [-0.4, -0.2) is 18.0 Å². The Morgan fingerprint density at radius 1 is 0.933 bits per heavy atom. The topological polar surface area (TPSA) is 26.3 Å². The number of hydrogen-bond acceptors (Lipinski definition) is 2. The molecule has 0 bridgehead atoms. The Labute approximate surface area is 95.9 Å². The van der Waals surface area contributed by atoms with E-state index < -0.39 is 18.0 Å². The van der Waals surface area contributed by atoms with Gasteiger partial charge in [0.15, 0.2) is 0 Å². The van der Waals surface area contributed by atoms with Gasteiger partial charge in [0, 0.05) is 0 Å². The van der Waals surface area contributed by atoms with E-state index in [0.29, 0.717) is 5.16 Å². The zero-order chi connectivity index (χ0) is 10.5. The van der Waals surface area contributed by atoms with Gasteiger partial charge >= 0.3 is 8.93 Å². The molecule has 4 heteroatoms. The average Bonchev–Trinajstić information content (AvgIpc) is 2.22. The highest BCUT2D eigenvalue weighted by Crippen LogP contribution is 2.33. The fourth-order valence-electron chi connectivity index (χ4n) is 2.73. The van der Waals surface area contributed by atoms with Crippen molar-refractivity contribution in [3.63, 3.8) is 0 Å². The normalized spacial score (nSPS) is 34.0. The second-order valence-electron chi connectivity index (χ2n) is 4.99. The minimum Gasteiger partial charge on any atom is -0.581 e. The minimum absolute atomic E-state index is 0.578. The molecule has 0 radical (unpaired) electrons. The Morgan fingerprint density at radius 2 is 1.53 bits per heavy atom. The van der Waals surface area contributed by atoms with Crippen LogP contribution in [0.1, 0.15) is 57.8 Å². The van der Waals surface area contributed by atoms with Crippen molar-refractivity contribution in [3.05, 3.63) is 0 Å². The Kier molecular flexibility index (Phi) is 4.56. The van der Waals surface area contributed by atoms with Gasteiger partial charge in [-0.15, -0.1) is 0 Å². The number of fused-ring (bicyclic) bond motifs is 1. The van der Waals surface area contributed by atoms with Gasteiger partial charge < -0.3 is 8.58 Å². The van der Waals surface area contributed by atoms with E-state index in [0.717, 1.165) is 0 Å². The maximum atomic E-state index is 11.5. The van der Waals surface area contributed by atoms with Gasteiger partial charge in [-0.25, -0.2) is 0 Å². The first kappa shape index (κ1) is 11.5. The molecule has 15 heavy (non-hydrogen) atoms. The van der Waals surface area contributed by atoms with E-state index in [1.165, 1.54) is 63.8 Å². The standard InChI is InChI=1S/C11H22O2Si2/c12-15-11-9-7-5-3-1-2-4-6-8-10-14(11)13-15/h11,14H,1-10H2. The van der Waals surface area contributed by atoms with Crippen molar-refractivity contribution >= 4 is 18.0 Å². The summed E-state index contributed by atoms with van der Waals surface area (Å²) in [6, 6.07) is 1.29. The van der Waals surface area contributed by atoms with E-state index in [1.54, 1.807) is 0 Å². The summed E-state index contributed by atoms with van der Waals surface area (Å²) in [5, 5.41) is 0.578. The largest absolute Gasteiger partial charge is 0.581 e. The first-order valence-corrected chi connectivity index (χ1v) is 9.93.